The van der Waals surface area contributed by atoms with Gasteiger partial charge in [0.05, 0.1) is 12.3 Å². The van der Waals surface area contributed by atoms with Gasteiger partial charge in [-0.25, -0.2) is 0 Å². The molecule has 0 fully saturated rings. The van der Waals surface area contributed by atoms with Crippen molar-refractivity contribution in [3.8, 4) is 5.75 Å². The molecule has 6 heteroatoms. The van der Waals surface area contributed by atoms with E-state index in [0.29, 0.717) is 11.3 Å². The van der Waals surface area contributed by atoms with Gasteiger partial charge in [-0.05, 0) is 57.2 Å². The molecule has 0 saturated carbocycles. The van der Waals surface area contributed by atoms with Gasteiger partial charge in [-0.3, -0.25) is 9.59 Å². The number of nitrogens with one attached hydrogen (secondary N) is 2. The van der Waals surface area contributed by atoms with Crippen LogP contribution in [0.1, 0.15) is 34.2 Å². The predicted octanol–water partition coefficient (Wildman–Crippen LogP) is 4.25. The highest BCUT2D eigenvalue weighted by molar-refractivity contribution is 6.05. The van der Waals surface area contributed by atoms with Crippen molar-refractivity contribution in [3.05, 3.63) is 95.1 Å². The molecule has 0 radical (unpaired) electrons. The molecule has 0 aliphatic rings. The van der Waals surface area contributed by atoms with Crippen LogP contribution < -0.4 is 15.4 Å². The first-order chi connectivity index (χ1) is 14.9. The summed E-state index contributed by atoms with van der Waals surface area (Å²) in [4.78, 5) is 25.5. The average molecular weight is 418 g/mol. The standard InChI is InChI=1S/C25H26N2O4/c1-17-6-10-20(11-7-17)24(28)27-23(15-22-5-4-14-30-22)25(29)26-19(3)16-31-21-12-8-18(2)9-13-21/h4-15,19H,16H2,1-3H3,(H,26,29)(H,27,28)/b23-15-/t19-/m0/s1. The third kappa shape index (κ3) is 6.60. The van der Waals surface area contributed by atoms with Crippen LogP contribution in [-0.4, -0.2) is 24.5 Å². The average Bonchev–Trinajstić information content (AvgIpc) is 3.26. The van der Waals surface area contributed by atoms with Crippen LogP contribution in [0.15, 0.2) is 77.0 Å². The second kappa shape index (κ2) is 10.3. The highest BCUT2D eigenvalue weighted by Crippen LogP contribution is 2.12. The minimum Gasteiger partial charge on any atom is -0.491 e. The zero-order valence-electron chi connectivity index (χ0n) is 17.8. The molecular weight excluding hydrogens is 392 g/mol. The van der Waals surface area contributed by atoms with Crippen LogP contribution >= 0.6 is 0 Å². The number of hydrogen-bond acceptors (Lipinski definition) is 4. The molecule has 0 aliphatic carbocycles. The summed E-state index contributed by atoms with van der Waals surface area (Å²) in [6.07, 6.45) is 3.00. The lowest BCUT2D eigenvalue weighted by atomic mass is 10.1. The third-order valence-corrected chi connectivity index (χ3v) is 4.53. The number of hydrogen-bond donors (Lipinski definition) is 2. The fraction of sp³-hybridized carbons (Fsp3) is 0.200. The lowest BCUT2D eigenvalue weighted by Crippen LogP contribution is -2.41. The molecule has 3 rings (SSSR count). The Morgan fingerprint density at radius 1 is 1.00 bits per heavy atom. The maximum atomic E-state index is 12.9. The van der Waals surface area contributed by atoms with E-state index in [1.54, 1.807) is 24.3 Å². The zero-order chi connectivity index (χ0) is 22.2. The van der Waals surface area contributed by atoms with Crippen LogP contribution in [0.25, 0.3) is 6.08 Å². The Hall–Kier alpha value is -3.80. The summed E-state index contributed by atoms with van der Waals surface area (Å²) in [6, 6.07) is 17.9. The van der Waals surface area contributed by atoms with Gasteiger partial charge in [0, 0.05) is 11.6 Å². The first kappa shape index (κ1) is 21.9. The summed E-state index contributed by atoms with van der Waals surface area (Å²) in [7, 11) is 0. The second-order valence-electron chi connectivity index (χ2n) is 7.39. The van der Waals surface area contributed by atoms with Gasteiger partial charge in [0.15, 0.2) is 0 Å². The van der Waals surface area contributed by atoms with Crippen molar-refractivity contribution >= 4 is 17.9 Å². The lowest BCUT2D eigenvalue weighted by molar-refractivity contribution is -0.118. The van der Waals surface area contributed by atoms with Crippen LogP contribution in [0, 0.1) is 13.8 Å². The van der Waals surface area contributed by atoms with Crippen molar-refractivity contribution < 1.29 is 18.7 Å². The maximum Gasteiger partial charge on any atom is 0.268 e. The minimum atomic E-state index is -0.433. The predicted molar refractivity (Wildman–Crippen MR) is 120 cm³/mol. The molecule has 1 aromatic heterocycles. The Kier molecular flexibility index (Phi) is 7.27. The van der Waals surface area contributed by atoms with Gasteiger partial charge < -0.3 is 19.8 Å². The quantitative estimate of drug-likeness (QED) is 0.536. The SMILES string of the molecule is Cc1ccc(OC[C@H](C)NC(=O)/C(=C/c2ccco2)NC(=O)c2ccc(C)cc2)cc1. The van der Waals surface area contributed by atoms with E-state index < -0.39 is 5.91 Å². The van der Waals surface area contributed by atoms with Gasteiger partial charge >= 0.3 is 0 Å². The van der Waals surface area contributed by atoms with Crippen LogP contribution in [0.3, 0.4) is 0 Å². The van der Waals surface area contributed by atoms with E-state index in [2.05, 4.69) is 10.6 Å². The monoisotopic (exact) mass is 418 g/mol. The lowest BCUT2D eigenvalue weighted by Gasteiger charge is -2.17. The van der Waals surface area contributed by atoms with E-state index in [9.17, 15) is 9.59 Å². The number of carbonyl (C=O) groups is 2. The number of rotatable bonds is 8. The topological polar surface area (TPSA) is 80.6 Å². The van der Waals surface area contributed by atoms with Crippen LogP contribution in [0.5, 0.6) is 5.75 Å². The van der Waals surface area contributed by atoms with Crippen molar-refractivity contribution in [2.24, 2.45) is 0 Å². The molecule has 0 unspecified atom stereocenters. The van der Waals surface area contributed by atoms with Gasteiger partial charge in [0.25, 0.3) is 11.8 Å². The van der Waals surface area contributed by atoms with Crippen molar-refractivity contribution in [2.75, 3.05) is 6.61 Å². The summed E-state index contributed by atoms with van der Waals surface area (Å²) in [5, 5.41) is 5.54. The molecule has 6 nitrogen and oxygen atoms in total. The summed E-state index contributed by atoms with van der Waals surface area (Å²) in [5.41, 5.74) is 2.73. The third-order valence-electron chi connectivity index (χ3n) is 4.53. The number of furan rings is 1. The molecule has 2 aromatic carbocycles. The largest absolute Gasteiger partial charge is 0.491 e. The smallest absolute Gasteiger partial charge is 0.268 e. The summed E-state index contributed by atoms with van der Waals surface area (Å²) < 4.78 is 11.0. The molecule has 3 aromatic rings. The first-order valence-corrected chi connectivity index (χ1v) is 10.0. The van der Waals surface area contributed by atoms with Gasteiger partial charge in [0.2, 0.25) is 0 Å². The summed E-state index contributed by atoms with van der Waals surface area (Å²) >= 11 is 0. The molecule has 0 saturated heterocycles. The number of amides is 2. The first-order valence-electron chi connectivity index (χ1n) is 10.0. The molecule has 0 spiro atoms. The van der Waals surface area contributed by atoms with Gasteiger partial charge in [-0.15, -0.1) is 0 Å². The Morgan fingerprint density at radius 3 is 2.26 bits per heavy atom. The van der Waals surface area contributed by atoms with Crippen molar-refractivity contribution in [3.63, 3.8) is 0 Å². The molecule has 2 N–H and O–H groups in total. The van der Waals surface area contributed by atoms with E-state index in [-0.39, 0.29) is 24.3 Å². The molecule has 0 aliphatic heterocycles. The number of ether oxygens (including phenoxy) is 1. The highest BCUT2D eigenvalue weighted by Gasteiger charge is 2.17. The molecule has 31 heavy (non-hydrogen) atoms. The van der Waals surface area contributed by atoms with Crippen molar-refractivity contribution in [1.82, 2.24) is 10.6 Å². The number of carbonyl (C=O) groups excluding carboxylic acids is 2. The Morgan fingerprint density at radius 2 is 1.65 bits per heavy atom. The van der Waals surface area contributed by atoms with Crippen LogP contribution in [-0.2, 0) is 4.79 Å². The molecule has 160 valence electrons. The zero-order valence-corrected chi connectivity index (χ0v) is 17.8. The molecule has 2 amide bonds. The fourth-order valence-corrected chi connectivity index (χ4v) is 2.77. The Balaban J connectivity index is 1.66. The van der Waals surface area contributed by atoms with E-state index in [1.807, 2.05) is 57.2 Å². The summed E-state index contributed by atoms with van der Waals surface area (Å²) in [6.45, 7) is 6.06. The number of aryl methyl sites for hydroxylation is 2. The van der Waals surface area contributed by atoms with E-state index >= 15 is 0 Å². The molecule has 0 bridgehead atoms. The maximum absolute atomic E-state index is 12.9. The van der Waals surface area contributed by atoms with Gasteiger partial charge in [0.1, 0.15) is 23.8 Å². The Bertz CT molecular complexity index is 1040. The second-order valence-corrected chi connectivity index (χ2v) is 7.39. The fourth-order valence-electron chi connectivity index (χ4n) is 2.77. The molecule has 1 heterocycles. The molecular formula is C25H26N2O4. The minimum absolute atomic E-state index is 0.0858. The van der Waals surface area contributed by atoms with Crippen LogP contribution in [0.2, 0.25) is 0 Å². The van der Waals surface area contributed by atoms with E-state index in [0.717, 1.165) is 16.9 Å². The number of benzene rings is 2. The highest BCUT2D eigenvalue weighted by atomic mass is 16.5. The van der Waals surface area contributed by atoms with Crippen molar-refractivity contribution in [1.29, 1.82) is 0 Å². The molecule has 1 atom stereocenters. The van der Waals surface area contributed by atoms with Gasteiger partial charge in [-0.2, -0.15) is 0 Å². The van der Waals surface area contributed by atoms with Gasteiger partial charge in [-0.1, -0.05) is 35.4 Å². The summed E-state index contributed by atoms with van der Waals surface area (Å²) in [5.74, 6) is 0.372. The Labute approximate surface area is 181 Å². The van der Waals surface area contributed by atoms with E-state index in [1.165, 1.54) is 12.3 Å². The van der Waals surface area contributed by atoms with E-state index in [4.69, 9.17) is 9.15 Å². The van der Waals surface area contributed by atoms with Crippen LogP contribution in [0.4, 0.5) is 0 Å². The van der Waals surface area contributed by atoms with Crippen molar-refractivity contribution in [2.45, 2.75) is 26.8 Å². The normalized spacial score (nSPS) is 12.2.